The van der Waals surface area contributed by atoms with Crippen LogP contribution in [0.3, 0.4) is 0 Å². The molecule has 0 fully saturated rings. The number of methoxy groups -OCH3 is 1. The predicted molar refractivity (Wildman–Crippen MR) is 99.4 cm³/mol. The molecule has 0 radical (unpaired) electrons. The fraction of sp³-hybridized carbons (Fsp3) is 0.333. The Bertz CT molecular complexity index is 694. The lowest BCUT2D eigenvalue weighted by Crippen LogP contribution is -2.30. The van der Waals surface area contributed by atoms with Crippen molar-refractivity contribution in [3.8, 4) is 5.75 Å². The Morgan fingerprint density at radius 3 is 2.50 bits per heavy atom. The number of likely N-dealkylation sites (N-methyl/N-ethyl adjacent to an activating group) is 1. The van der Waals surface area contributed by atoms with E-state index in [-0.39, 0.29) is 5.91 Å². The number of halogens is 1. The molecule has 0 aliphatic carbocycles. The number of aryl methyl sites for hydroxylation is 2. The van der Waals surface area contributed by atoms with Crippen LogP contribution < -0.4 is 10.1 Å². The summed E-state index contributed by atoms with van der Waals surface area (Å²) in [7, 11) is 3.60. The summed E-state index contributed by atoms with van der Waals surface area (Å²) in [6.07, 6.45) is 1.65. The molecule has 1 amide bonds. The van der Waals surface area contributed by atoms with Crippen molar-refractivity contribution in [1.29, 1.82) is 0 Å². The van der Waals surface area contributed by atoms with Crippen LogP contribution in [-0.4, -0.2) is 36.5 Å². The zero-order valence-corrected chi connectivity index (χ0v) is 16.0. The summed E-state index contributed by atoms with van der Waals surface area (Å²) in [5.41, 5.74) is 3.36. The number of nitrogens with one attached hydrogen (secondary N) is 1. The maximum atomic E-state index is 12.1. The number of rotatable bonds is 6. The highest BCUT2D eigenvalue weighted by Gasteiger charge is 2.10. The molecule has 0 atom stereocenters. The van der Waals surface area contributed by atoms with E-state index in [9.17, 15) is 4.79 Å². The zero-order valence-electron chi connectivity index (χ0n) is 14.4. The minimum atomic E-state index is -0.0886. The fourth-order valence-corrected chi connectivity index (χ4v) is 2.93. The number of aromatic nitrogens is 1. The highest BCUT2D eigenvalue weighted by atomic mass is 79.9. The van der Waals surface area contributed by atoms with Gasteiger partial charge in [-0.1, -0.05) is 12.1 Å². The molecule has 2 aromatic rings. The summed E-state index contributed by atoms with van der Waals surface area (Å²) >= 11 is 3.32. The van der Waals surface area contributed by atoms with Gasteiger partial charge in [-0.15, -0.1) is 0 Å². The third-order valence-electron chi connectivity index (χ3n) is 3.59. The number of anilines is 1. The lowest BCUT2D eigenvalue weighted by atomic mass is 10.1. The van der Waals surface area contributed by atoms with E-state index in [2.05, 4.69) is 38.4 Å². The third-order valence-corrected chi connectivity index (χ3v) is 4.05. The van der Waals surface area contributed by atoms with Gasteiger partial charge in [0, 0.05) is 17.2 Å². The van der Waals surface area contributed by atoms with Crippen molar-refractivity contribution in [3.63, 3.8) is 0 Å². The molecule has 0 aliphatic rings. The van der Waals surface area contributed by atoms with Crippen molar-refractivity contribution in [2.45, 2.75) is 20.4 Å². The molecule has 1 heterocycles. The van der Waals surface area contributed by atoms with Gasteiger partial charge in [0.05, 0.1) is 13.7 Å². The number of ether oxygens (including phenoxy) is 1. The molecule has 2 rings (SSSR count). The van der Waals surface area contributed by atoms with E-state index < -0.39 is 0 Å². The molecular weight excluding hydrogens is 370 g/mol. The average molecular weight is 392 g/mol. The van der Waals surface area contributed by atoms with Crippen LogP contribution in [0, 0.1) is 13.8 Å². The molecule has 0 aliphatic heterocycles. The minimum absolute atomic E-state index is 0.0886. The van der Waals surface area contributed by atoms with Crippen molar-refractivity contribution in [2.24, 2.45) is 0 Å². The van der Waals surface area contributed by atoms with Crippen LogP contribution in [0.5, 0.6) is 5.75 Å². The number of carbonyl (C=O) groups is 1. The number of nitrogens with zero attached hydrogens (tertiary/aromatic N) is 2. The van der Waals surface area contributed by atoms with Crippen molar-refractivity contribution < 1.29 is 9.53 Å². The highest BCUT2D eigenvalue weighted by Crippen LogP contribution is 2.24. The third kappa shape index (κ3) is 5.04. The monoisotopic (exact) mass is 391 g/mol. The normalized spacial score (nSPS) is 10.8. The quantitative estimate of drug-likeness (QED) is 0.817. The van der Waals surface area contributed by atoms with Crippen LogP contribution in [0.1, 0.15) is 16.7 Å². The number of benzene rings is 1. The standard InChI is InChI=1S/C18H22BrN3O2/c1-12-7-14(8-13(2)18(12)24-4)10-22(3)11-17(23)21-16-6-5-15(19)9-20-16/h5-9H,10-11H2,1-4H3,(H,20,21,23). The van der Waals surface area contributed by atoms with E-state index in [1.165, 1.54) is 0 Å². The summed E-state index contributed by atoms with van der Waals surface area (Å²) in [5, 5.41) is 2.79. The molecule has 5 nitrogen and oxygen atoms in total. The van der Waals surface area contributed by atoms with E-state index in [1.54, 1.807) is 19.4 Å². The smallest absolute Gasteiger partial charge is 0.239 e. The van der Waals surface area contributed by atoms with Gasteiger partial charge in [-0.25, -0.2) is 4.98 Å². The van der Waals surface area contributed by atoms with Gasteiger partial charge in [0.25, 0.3) is 0 Å². The van der Waals surface area contributed by atoms with Crippen LogP contribution in [0.4, 0.5) is 5.82 Å². The van der Waals surface area contributed by atoms with Gasteiger partial charge >= 0.3 is 0 Å². The maximum Gasteiger partial charge on any atom is 0.239 e. The Labute approximate surface area is 151 Å². The van der Waals surface area contributed by atoms with E-state index >= 15 is 0 Å². The average Bonchev–Trinajstić information content (AvgIpc) is 2.49. The van der Waals surface area contributed by atoms with Crippen LogP contribution in [-0.2, 0) is 11.3 Å². The summed E-state index contributed by atoms with van der Waals surface area (Å²) in [5.74, 6) is 1.38. The molecular formula is C18H22BrN3O2. The Balaban J connectivity index is 1.94. The van der Waals surface area contributed by atoms with Gasteiger partial charge in [-0.2, -0.15) is 0 Å². The number of carbonyl (C=O) groups excluding carboxylic acids is 1. The molecule has 1 aromatic heterocycles. The Hall–Kier alpha value is -1.92. The predicted octanol–water partition coefficient (Wildman–Crippen LogP) is 3.54. The molecule has 0 saturated carbocycles. The summed E-state index contributed by atoms with van der Waals surface area (Å²) < 4.78 is 6.26. The molecule has 0 bridgehead atoms. The van der Waals surface area contributed by atoms with E-state index in [1.807, 2.05) is 31.9 Å². The number of hydrogen-bond acceptors (Lipinski definition) is 4. The topological polar surface area (TPSA) is 54.5 Å². The first-order chi connectivity index (χ1) is 11.4. The molecule has 1 N–H and O–H groups in total. The van der Waals surface area contributed by atoms with Gasteiger partial charge in [0.1, 0.15) is 11.6 Å². The first kappa shape index (κ1) is 18.4. The van der Waals surface area contributed by atoms with E-state index in [0.29, 0.717) is 18.9 Å². The van der Waals surface area contributed by atoms with Crippen LogP contribution >= 0.6 is 15.9 Å². The lowest BCUT2D eigenvalue weighted by molar-refractivity contribution is -0.117. The first-order valence-electron chi connectivity index (χ1n) is 7.63. The van der Waals surface area contributed by atoms with E-state index in [4.69, 9.17) is 4.74 Å². The Morgan fingerprint density at radius 2 is 1.96 bits per heavy atom. The first-order valence-corrected chi connectivity index (χ1v) is 8.42. The molecule has 0 saturated heterocycles. The summed E-state index contributed by atoms with van der Waals surface area (Å²) in [6, 6.07) is 7.79. The maximum absolute atomic E-state index is 12.1. The number of amides is 1. The SMILES string of the molecule is COc1c(C)cc(CN(C)CC(=O)Nc2ccc(Br)cn2)cc1C. The van der Waals surface area contributed by atoms with Gasteiger partial charge in [-0.3, -0.25) is 9.69 Å². The second kappa shape index (κ2) is 8.26. The lowest BCUT2D eigenvalue weighted by Gasteiger charge is -2.18. The fourth-order valence-electron chi connectivity index (χ4n) is 2.70. The van der Waals surface area contributed by atoms with Crippen molar-refractivity contribution in [2.75, 3.05) is 26.0 Å². The molecule has 24 heavy (non-hydrogen) atoms. The second-order valence-corrected chi connectivity index (χ2v) is 6.76. The Kier molecular flexibility index (Phi) is 6.34. The molecule has 1 aromatic carbocycles. The van der Waals surface area contributed by atoms with Crippen LogP contribution in [0.25, 0.3) is 0 Å². The second-order valence-electron chi connectivity index (χ2n) is 5.84. The van der Waals surface area contributed by atoms with Gasteiger partial charge in [0.2, 0.25) is 5.91 Å². The van der Waals surface area contributed by atoms with Gasteiger partial charge in [0.15, 0.2) is 0 Å². The minimum Gasteiger partial charge on any atom is -0.496 e. The molecule has 128 valence electrons. The van der Waals surface area contributed by atoms with Crippen molar-refractivity contribution >= 4 is 27.7 Å². The van der Waals surface area contributed by atoms with Gasteiger partial charge in [-0.05, 0) is 65.6 Å². The van der Waals surface area contributed by atoms with Crippen LogP contribution in [0.2, 0.25) is 0 Å². The van der Waals surface area contributed by atoms with Crippen molar-refractivity contribution in [3.05, 3.63) is 51.6 Å². The highest BCUT2D eigenvalue weighted by molar-refractivity contribution is 9.10. The Morgan fingerprint density at radius 1 is 1.29 bits per heavy atom. The summed E-state index contributed by atoms with van der Waals surface area (Å²) in [4.78, 5) is 18.2. The van der Waals surface area contributed by atoms with E-state index in [0.717, 1.165) is 26.9 Å². The largest absolute Gasteiger partial charge is 0.496 e. The number of hydrogen-bond donors (Lipinski definition) is 1. The van der Waals surface area contributed by atoms with Gasteiger partial charge < -0.3 is 10.1 Å². The number of pyridine rings is 1. The molecule has 0 spiro atoms. The summed E-state index contributed by atoms with van der Waals surface area (Å²) in [6.45, 7) is 5.04. The molecule has 0 unspecified atom stereocenters. The molecule has 6 heteroatoms. The van der Waals surface area contributed by atoms with Crippen LogP contribution in [0.15, 0.2) is 34.9 Å². The van der Waals surface area contributed by atoms with Crippen molar-refractivity contribution in [1.82, 2.24) is 9.88 Å². The zero-order chi connectivity index (χ0) is 17.7.